The number of hydrazine groups is 1. The Bertz CT molecular complexity index is 575. The molecule has 1 heterocycles. The van der Waals surface area contributed by atoms with Crippen LogP contribution in [0.2, 0.25) is 0 Å². The van der Waals surface area contributed by atoms with Crippen molar-refractivity contribution in [2.75, 3.05) is 10.7 Å². The van der Waals surface area contributed by atoms with Crippen LogP contribution in [0.4, 0.5) is 21.7 Å². The molecular weight excluding hydrogens is 301 g/mol. The van der Waals surface area contributed by atoms with Crippen molar-refractivity contribution in [2.24, 2.45) is 5.84 Å². The molecule has 0 bridgehead atoms. The van der Waals surface area contributed by atoms with Crippen molar-refractivity contribution in [3.05, 3.63) is 40.4 Å². The Balaban J connectivity index is 2.34. The fourth-order valence-electron chi connectivity index (χ4n) is 1.44. The number of anilines is 3. The zero-order chi connectivity index (χ0) is 13.1. The number of benzene rings is 1. The van der Waals surface area contributed by atoms with Crippen LogP contribution in [0.3, 0.4) is 0 Å². The fourth-order valence-corrected chi connectivity index (χ4v) is 1.89. The van der Waals surface area contributed by atoms with Gasteiger partial charge in [-0.2, -0.15) is 0 Å². The average Bonchev–Trinajstić information content (AvgIpc) is 2.35. The molecule has 0 fully saturated rings. The molecule has 2 aromatic rings. The highest BCUT2D eigenvalue weighted by atomic mass is 79.9. The summed E-state index contributed by atoms with van der Waals surface area (Å²) in [5.74, 6) is 6.16. The topological polar surface area (TPSA) is 75.9 Å². The number of hydrogen-bond acceptors (Lipinski definition) is 5. The monoisotopic (exact) mass is 311 g/mol. The second kappa shape index (κ2) is 5.28. The predicted octanol–water partition coefficient (Wildman–Crippen LogP) is 2.72. The van der Waals surface area contributed by atoms with Gasteiger partial charge in [0, 0.05) is 10.0 Å². The van der Waals surface area contributed by atoms with Gasteiger partial charge in [-0.15, -0.1) is 0 Å². The van der Waals surface area contributed by atoms with Gasteiger partial charge in [-0.1, -0.05) is 0 Å². The van der Waals surface area contributed by atoms with E-state index in [1.165, 1.54) is 18.5 Å². The number of nitrogen functional groups attached to an aromatic ring is 1. The molecule has 0 spiro atoms. The van der Waals surface area contributed by atoms with E-state index in [0.29, 0.717) is 21.8 Å². The van der Waals surface area contributed by atoms with E-state index >= 15 is 0 Å². The SMILES string of the molecule is Cc1c(NN)ncnc1Nc1ccc(F)cc1Br. The molecule has 0 aliphatic rings. The van der Waals surface area contributed by atoms with Gasteiger partial charge in [-0.3, -0.25) is 0 Å². The fraction of sp³-hybridized carbons (Fsp3) is 0.0909. The molecule has 4 N–H and O–H groups in total. The van der Waals surface area contributed by atoms with Gasteiger partial charge in [-0.25, -0.2) is 20.2 Å². The molecule has 1 aromatic carbocycles. The van der Waals surface area contributed by atoms with Gasteiger partial charge in [-0.05, 0) is 41.1 Å². The molecule has 18 heavy (non-hydrogen) atoms. The first kappa shape index (κ1) is 12.7. The summed E-state index contributed by atoms with van der Waals surface area (Å²) >= 11 is 3.28. The van der Waals surface area contributed by atoms with E-state index in [9.17, 15) is 4.39 Å². The maximum atomic E-state index is 13.0. The summed E-state index contributed by atoms with van der Waals surface area (Å²) in [5.41, 5.74) is 3.97. The number of hydrogen-bond donors (Lipinski definition) is 3. The van der Waals surface area contributed by atoms with Crippen LogP contribution in [0, 0.1) is 12.7 Å². The average molecular weight is 312 g/mol. The van der Waals surface area contributed by atoms with E-state index in [1.807, 2.05) is 6.92 Å². The molecule has 0 saturated carbocycles. The largest absolute Gasteiger partial charge is 0.339 e. The second-order valence-corrected chi connectivity index (χ2v) is 4.44. The van der Waals surface area contributed by atoms with Gasteiger partial charge < -0.3 is 10.7 Å². The molecule has 1 aromatic heterocycles. The van der Waals surface area contributed by atoms with Crippen LogP contribution in [-0.2, 0) is 0 Å². The summed E-state index contributed by atoms with van der Waals surface area (Å²) in [4.78, 5) is 8.09. The lowest BCUT2D eigenvalue weighted by molar-refractivity contribution is 0.627. The van der Waals surface area contributed by atoms with Gasteiger partial charge in [0.25, 0.3) is 0 Å². The highest BCUT2D eigenvalue weighted by Crippen LogP contribution is 2.28. The highest BCUT2D eigenvalue weighted by Gasteiger charge is 2.08. The van der Waals surface area contributed by atoms with Gasteiger partial charge in [0.2, 0.25) is 0 Å². The minimum absolute atomic E-state index is 0.309. The Labute approximate surface area is 112 Å². The number of nitrogens with one attached hydrogen (secondary N) is 2. The molecule has 7 heteroatoms. The van der Waals surface area contributed by atoms with E-state index < -0.39 is 0 Å². The van der Waals surface area contributed by atoms with Crippen molar-refractivity contribution < 1.29 is 4.39 Å². The number of halogens is 2. The molecule has 0 unspecified atom stereocenters. The lowest BCUT2D eigenvalue weighted by Gasteiger charge is -2.12. The number of nitrogens with zero attached hydrogens (tertiary/aromatic N) is 2. The molecule has 0 amide bonds. The number of aromatic nitrogens is 2. The van der Waals surface area contributed by atoms with Crippen molar-refractivity contribution in [1.29, 1.82) is 0 Å². The third kappa shape index (κ3) is 2.57. The highest BCUT2D eigenvalue weighted by molar-refractivity contribution is 9.10. The van der Waals surface area contributed by atoms with Gasteiger partial charge in [0.05, 0.1) is 5.69 Å². The van der Waals surface area contributed by atoms with Crippen LogP contribution in [0.1, 0.15) is 5.56 Å². The number of rotatable bonds is 3. The standard InChI is InChI=1S/C11H11BrFN5/c1-6-10(15-5-16-11(6)18-14)17-9-3-2-7(13)4-8(9)12/h2-5H,14H2,1H3,(H2,15,16,17,18). The quantitative estimate of drug-likeness (QED) is 0.600. The molecule has 0 aliphatic carbocycles. The van der Waals surface area contributed by atoms with Crippen LogP contribution in [0.5, 0.6) is 0 Å². The second-order valence-electron chi connectivity index (χ2n) is 3.59. The Kier molecular flexibility index (Phi) is 3.73. The zero-order valence-corrected chi connectivity index (χ0v) is 11.1. The molecule has 0 radical (unpaired) electrons. The molecule has 0 saturated heterocycles. The Morgan fingerprint density at radius 1 is 1.28 bits per heavy atom. The summed E-state index contributed by atoms with van der Waals surface area (Å²) in [7, 11) is 0. The number of nitrogens with two attached hydrogens (primary N) is 1. The molecular formula is C11H11BrFN5. The lowest BCUT2D eigenvalue weighted by Crippen LogP contribution is -2.11. The molecule has 2 rings (SSSR count). The maximum Gasteiger partial charge on any atom is 0.148 e. The zero-order valence-electron chi connectivity index (χ0n) is 9.54. The van der Waals surface area contributed by atoms with Crippen LogP contribution >= 0.6 is 15.9 Å². The first-order valence-corrected chi connectivity index (χ1v) is 5.91. The minimum Gasteiger partial charge on any atom is -0.339 e. The minimum atomic E-state index is -0.309. The van der Waals surface area contributed by atoms with E-state index in [0.717, 1.165) is 5.56 Å². The first-order chi connectivity index (χ1) is 8.61. The van der Waals surface area contributed by atoms with Gasteiger partial charge >= 0.3 is 0 Å². The van der Waals surface area contributed by atoms with Crippen LogP contribution in [0.15, 0.2) is 29.0 Å². The van der Waals surface area contributed by atoms with Crippen molar-refractivity contribution in [2.45, 2.75) is 6.92 Å². The first-order valence-electron chi connectivity index (χ1n) is 5.12. The smallest absolute Gasteiger partial charge is 0.148 e. The van der Waals surface area contributed by atoms with Crippen LogP contribution in [-0.4, -0.2) is 9.97 Å². The van der Waals surface area contributed by atoms with Crippen molar-refractivity contribution in [3.63, 3.8) is 0 Å². The van der Waals surface area contributed by atoms with Crippen molar-refractivity contribution in [3.8, 4) is 0 Å². The molecule has 5 nitrogen and oxygen atoms in total. The Hall–Kier alpha value is -1.73. The van der Waals surface area contributed by atoms with Crippen molar-refractivity contribution >= 4 is 33.3 Å². The van der Waals surface area contributed by atoms with Gasteiger partial charge in [0.1, 0.15) is 23.8 Å². The Morgan fingerprint density at radius 2 is 2.00 bits per heavy atom. The summed E-state index contributed by atoms with van der Waals surface area (Å²) in [6.45, 7) is 1.83. The normalized spacial score (nSPS) is 10.2. The van der Waals surface area contributed by atoms with E-state index in [1.54, 1.807) is 6.07 Å². The van der Waals surface area contributed by atoms with Crippen LogP contribution in [0.25, 0.3) is 0 Å². The third-order valence-corrected chi connectivity index (χ3v) is 3.06. The van der Waals surface area contributed by atoms with Crippen LogP contribution < -0.4 is 16.6 Å². The summed E-state index contributed by atoms with van der Waals surface area (Å²) in [6.07, 6.45) is 1.39. The predicted molar refractivity (Wildman–Crippen MR) is 72.0 cm³/mol. The summed E-state index contributed by atoms with van der Waals surface area (Å²) in [6, 6.07) is 4.36. The van der Waals surface area contributed by atoms with Gasteiger partial charge in [0.15, 0.2) is 0 Å². The van der Waals surface area contributed by atoms with E-state index in [-0.39, 0.29) is 5.82 Å². The Morgan fingerprint density at radius 3 is 2.67 bits per heavy atom. The molecule has 0 aliphatic heterocycles. The van der Waals surface area contributed by atoms with E-state index in [4.69, 9.17) is 5.84 Å². The lowest BCUT2D eigenvalue weighted by atomic mass is 10.2. The summed E-state index contributed by atoms with van der Waals surface area (Å²) < 4.78 is 13.6. The summed E-state index contributed by atoms with van der Waals surface area (Å²) in [5, 5.41) is 3.08. The molecule has 0 atom stereocenters. The van der Waals surface area contributed by atoms with E-state index in [2.05, 4.69) is 36.6 Å². The third-order valence-electron chi connectivity index (χ3n) is 2.41. The van der Waals surface area contributed by atoms with Crippen molar-refractivity contribution in [1.82, 2.24) is 9.97 Å². The molecule has 94 valence electrons. The maximum absolute atomic E-state index is 13.0.